The summed E-state index contributed by atoms with van der Waals surface area (Å²) in [6, 6.07) is 13.8. The molecule has 2 aromatic rings. The maximum atomic E-state index is 6.34. The average Bonchev–Trinajstić information content (AvgIpc) is 2.99. The maximum absolute atomic E-state index is 6.34. The maximum Gasteiger partial charge on any atom is -1.00 e. The molecule has 5 heteroatoms. The molecule has 0 amide bonds. The SMILES string of the molecule is CCC1=Cc2c(-c3ccc(C(C)(C)C)cc3)ccc(C)c2[CH]1[Zr+2][O][SiH](C)C.[Cl-].[Cl-]. The predicted octanol–water partition coefficient (Wildman–Crippen LogP) is 0.813. The van der Waals surface area contributed by atoms with E-state index in [1.807, 2.05) is 0 Å². The van der Waals surface area contributed by atoms with E-state index in [0.717, 1.165) is 6.42 Å². The van der Waals surface area contributed by atoms with Gasteiger partial charge in [0.25, 0.3) is 0 Å². The third kappa shape index (κ3) is 5.95. The fourth-order valence-corrected chi connectivity index (χ4v) is 9.51. The number of benzene rings is 2. The van der Waals surface area contributed by atoms with E-state index < -0.39 is 32.7 Å². The van der Waals surface area contributed by atoms with Gasteiger partial charge in [0.15, 0.2) is 0 Å². The summed E-state index contributed by atoms with van der Waals surface area (Å²) in [5.74, 6) is 0. The van der Waals surface area contributed by atoms with Gasteiger partial charge >= 0.3 is 180 Å². The first-order valence-electron chi connectivity index (χ1n) is 10.1. The van der Waals surface area contributed by atoms with Crippen LogP contribution < -0.4 is 24.8 Å². The molecule has 0 saturated heterocycles. The Bertz CT molecular complexity index is 854. The van der Waals surface area contributed by atoms with Gasteiger partial charge in [0.05, 0.1) is 0 Å². The molecule has 1 aliphatic rings. The molecule has 0 fully saturated rings. The third-order valence-corrected chi connectivity index (χ3v) is 12.7. The molecule has 156 valence electrons. The van der Waals surface area contributed by atoms with Gasteiger partial charge in [-0.1, -0.05) is 0 Å². The van der Waals surface area contributed by atoms with Crippen molar-refractivity contribution in [3.8, 4) is 11.1 Å². The molecule has 0 saturated carbocycles. The van der Waals surface area contributed by atoms with E-state index in [-0.39, 0.29) is 30.2 Å². The number of rotatable bonds is 5. The second kappa shape index (κ2) is 10.9. The molecule has 0 N–H and O–H groups in total. The Labute approximate surface area is 203 Å². The van der Waals surface area contributed by atoms with E-state index in [1.54, 1.807) is 11.1 Å². The molecular weight excluding hydrogens is 494 g/mol. The Balaban J connectivity index is 0.00000210. The van der Waals surface area contributed by atoms with Crippen LogP contribution in [0.1, 0.15) is 60.0 Å². The summed E-state index contributed by atoms with van der Waals surface area (Å²) in [6.45, 7) is 16.0. The molecule has 1 atom stereocenters. The van der Waals surface area contributed by atoms with Crippen molar-refractivity contribution in [3.05, 3.63) is 64.2 Å². The van der Waals surface area contributed by atoms with Gasteiger partial charge in [-0.2, -0.15) is 0 Å². The van der Waals surface area contributed by atoms with Gasteiger partial charge in [0, 0.05) is 0 Å². The third-order valence-electron chi connectivity index (χ3n) is 5.39. The van der Waals surface area contributed by atoms with Crippen molar-refractivity contribution in [2.75, 3.05) is 0 Å². The van der Waals surface area contributed by atoms with E-state index in [0.29, 0.717) is 3.63 Å². The fraction of sp³-hybridized carbons (Fsp3) is 0.417. The van der Waals surface area contributed by atoms with Gasteiger partial charge in [0.1, 0.15) is 0 Å². The molecule has 0 radical (unpaired) electrons. The van der Waals surface area contributed by atoms with Crippen molar-refractivity contribution in [2.24, 2.45) is 0 Å². The quantitative estimate of drug-likeness (QED) is 0.525. The number of fused-ring (bicyclic) bond motifs is 1. The van der Waals surface area contributed by atoms with E-state index in [4.69, 9.17) is 2.50 Å². The Morgan fingerprint density at radius 1 is 1.00 bits per heavy atom. The van der Waals surface area contributed by atoms with Crippen LogP contribution in [0.3, 0.4) is 0 Å². The van der Waals surface area contributed by atoms with Crippen molar-refractivity contribution in [3.63, 3.8) is 0 Å². The molecule has 1 nitrogen and oxygen atoms in total. The first kappa shape index (κ1) is 26.9. The Morgan fingerprint density at radius 3 is 2.14 bits per heavy atom. The van der Waals surface area contributed by atoms with Crippen LogP contribution in [0.2, 0.25) is 13.1 Å². The molecule has 0 spiro atoms. The largest absolute Gasteiger partial charge is 1.00 e. The summed E-state index contributed by atoms with van der Waals surface area (Å²) < 4.78 is 6.93. The van der Waals surface area contributed by atoms with Crippen LogP contribution >= 0.6 is 0 Å². The zero-order valence-electron chi connectivity index (χ0n) is 18.6. The zero-order valence-corrected chi connectivity index (χ0v) is 23.7. The van der Waals surface area contributed by atoms with Crippen molar-refractivity contribution < 1.29 is 51.0 Å². The molecular formula is C24H32Cl2OSiZr. The van der Waals surface area contributed by atoms with Crippen molar-refractivity contribution in [1.82, 2.24) is 0 Å². The molecule has 3 rings (SSSR count). The van der Waals surface area contributed by atoms with E-state index >= 15 is 0 Å². The number of halogens is 2. The molecule has 0 bridgehead atoms. The standard InChI is InChI=1S/C22H25.C2H7OSi.2ClH.Zr/c1-6-16-13-20-15(2)7-12-19(21(20)14-16)17-8-10-18(11-9-17)22(3,4)5;1-4(2)3;;;/h7-14H,6H2,1-5H3;4H,1-2H3;2*1H;/q;-1;;;+3/p-2. The summed E-state index contributed by atoms with van der Waals surface area (Å²) >= 11 is -0.892. The second-order valence-corrected chi connectivity index (χ2v) is 14.9. The van der Waals surface area contributed by atoms with Crippen molar-refractivity contribution >= 4 is 15.1 Å². The van der Waals surface area contributed by atoms with Gasteiger partial charge in [-0.15, -0.1) is 0 Å². The van der Waals surface area contributed by atoms with Crippen LogP contribution in [0.25, 0.3) is 17.2 Å². The average molecular weight is 527 g/mol. The predicted molar refractivity (Wildman–Crippen MR) is 116 cm³/mol. The van der Waals surface area contributed by atoms with Crippen LogP contribution in [0.4, 0.5) is 0 Å². The van der Waals surface area contributed by atoms with Crippen LogP contribution in [0.15, 0.2) is 42.0 Å². The molecule has 0 heterocycles. The molecule has 29 heavy (non-hydrogen) atoms. The molecule has 2 aromatic carbocycles. The number of hydrogen-bond donors (Lipinski definition) is 0. The molecule has 1 aliphatic carbocycles. The normalized spacial score (nSPS) is 15.2. The van der Waals surface area contributed by atoms with Crippen LogP contribution in [-0.2, 0) is 31.6 Å². The van der Waals surface area contributed by atoms with Gasteiger partial charge in [-0.3, -0.25) is 0 Å². The number of aryl methyl sites for hydroxylation is 1. The van der Waals surface area contributed by atoms with Crippen LogP contribution in [0, 0.1) is 6.92 Å². The summed E-state index contributed by atoms with van der Waals surface area (Å²) in [7, 11) is -0.941. The minimum atomic E-state index is -0.941. The smallest absolute Gasteiger partial charge is 1.00 e. The summed E-state index contributed by atoms with van der Waals surface area (Å²) in [6.07, 6.45) is 3.61. The molecule has 0 aliphatic heterocycles. The molecule has 0 aromatic heterocycles. The Morgan fingerprint density at radius 2 is 1.62 bits per heavy atom. The minimum absolute atomic E-state index is 0. The van der Waals surface area contributed by atoms with E-state index in [9.17, 15) is 0 Å². The first-order chi connectivity index (χ1) is 12.7. The van der Waals surface area contributed by atoms with Crippen molar-refractivity contribution in [1.29, 1.82) is 0 Å². The number of allylic oxidation sites excluding steroid dienone is 1. The van der Waals surface area contributed by atoms with Gasteiger partial charge in [-0.05, 0) is 0 Å². The van der Waals surface area contributed by atoms with Gasteiger partial charge in [-0.25, -0.2) is 0 Å². The van der Waals surface area contributed by atoms with Crippen molar-refractivity contribution in [2.45, 2.75) is 63.2 Å². The molecule has 1 unspecified atom stereocenters. The summed E-state index contributed by atoms with van der Waals surface area (Å²) in [5.41, 5.74) is 10.3. The Hall–Kier alpha value is -0.180. The Kier molecular flexibility index (Phi) is 10.1. The van der Waals surface area contributed by atoms with Gasteiger partial charge < -0.3 is 24.8 Å². The number of hydrogen-bond acceptors (Lipinski definition) is 1. The second-order valence-electron chi connectivity index (χ2n) is 8.87. The minimum Gasteiger partial charge on any atom is -1.00 e. The zero-order chi connectivity index (χ0) is 19.8. The van der Waals surface area contributed by atoms with Gasteiger partial charge in [0.2, 0.25) is 0 Å². The fourth-order valence-electron chi connectivity index (χ4n) is 3.78. The summed E-state index contributed by atoms with van der Waals surface area (Å²) in [4.78, 5) is 0. The monoisotopic (exact) mass is 524 g/mol. The van der Waals surface area contributed by atoms with Crippen LogP contribution in [-0.4, -0.2) is 9.04 Å². The first-order valence-corrected chi connectivity index (χ1v) is 15.3. The summed E-state index contributed by atoms with van der Waals surface area (Å²) in [5, 5.41) is 0. The van der Waals surface area contributed by atoms with Crippen LogP contribution in [0.5, 0.6) is 0 Å². The van der Waals surface area contributed by atoms with E-state index in [1.165, 1.54) is 27.8 Å². The topological polar surface area (TPSA) is 9.23 Å². The van der Waals surface area contributed by atoms with E-state index in [2.05, 4.69) is 90.2 Å².